The molecule has 5 aromatic carbocycles. The second kappa shape index (κ2) is 15.7. The molecule has 0 aliphatic heterocycles. The third kappa shape index (κ3) is 7.94. The smallest absolute Gasteiger partial charge is 0.503 e. The van der Waals surface area contributed by atoms with Crippen LogP contribution in [0.15, 0.2) is 133 Å². The first-order valence-corrected chi connectivity index (χ1v) is 17.9. The summed E-state index contributed by atoms with van der Waals surface area (Å²) >= 11 is 0. The molecular weight excluding hydrogens is 932 g/mol. The zero-order chi connectivity index (χ0) is 40.1. The van der Waals surface area contributed by atoms with Crippen LogP contribution in [0.5, 0.6) is 11.5 Å². The molecule has 0 atom stereocenters. The molecule has 8 rings (SSSR count). The van der Waals surface area contributed by atoms with Gasteiger partial charge in [0, 0.05) is 29.4 Å². The Hall–Kier alpha value is -5.99. The Morgan fingerprint density at radius 2 is 1.34 bits per heavy atom. The number of hydrogen-bond acceptors (Lipinski definition) is 3. The van der Waals surface area contributed by atoms with Crippen LogP contribution in [-0.2, 0) is 21.1 Å². The van der Waals surface area contributed by atoms with Crippen LogP contribution >= 0.6 is 0 Å². The van der Waals surface area contributed by atoms with E-state index in [0.29, 0.717) is 22.8 Å². The van der Waals surface area contributed by atoms with E-state index >= 15 is 0 Å². The van der Waals surface area contributed by atoms with Crippen LogP contribution in [0.4, 0.5) is 26.3 Å². The quantitative estimate of drug-likeness (QED) is 0.118. The second-order valence-corrected chi connectivity index (χ2v) is 13.7. The van der Waals surface area contributed by atoms with Crippen molar-refractivity contribution in [2.45, 2.75) is 33.1 Å². The molecule has 58 heavy (non-hydrogen) atoms. The number of nitrogens with zero attached hydrogens (tertiary/aromatic N) is 3. The molecule has 11 heteroatoms. The number of pyridine rings is 2. The fourth-order valence-electron chi connectivity index (χ4n) is 7.19. The van der Waals surface area contributed by atoms with Gasteiger partial charge in [-0.1, -0.05) is 78.3 Å². The summed E-state index contributed by atoms with van der Waals surface area (Å²) in [5.74, 6) is 1.77. The monoisotopic (exact) mass is 962 g/mol. The first kappa shape index (κ1) is 40.2. The van der Waals surface area contributed by atoms with Crippen molar-refractivity contribution in [1.29, 1.82) is 0 Å². The Bertz CT molecular complexity index is 2790. The third-order valence-electron chi connectivity index (χ3n) is 9.77. The van der Waals surface area contributed by atoms with Crippen LogP contribution in [0.25, 0.3) is 67.2 Å². The second-order valence-electron chi connectivity index (χ2n) is 13.7. The van der Waals surface area contributed by atoms with Gasteiger partial charge in [0.05, 0.1) is 0 Å². The Kier molecular flexibility index (Phi) is 10.9. The number of alkyl halides is 6. The fourth-order valence-corrected chi connectivity index (χ4v) is 7.19. The Balaban J connectivity index is 0.00000512. The van der Waals surface area contributed by atoms with Gasteiger partial charge in [0.15, 0.2) is 0 Å². The number of para-hydroxylation sites is 1. The van der Waals surface area contributed by atoms with E-state index in [4.69, 9.17) is 9.72 Å². The van der Waals surface area contributed by atoms with Gasteiger partial charge >= 0.3 is 33.4 Å². The van der Waals surface area contributed by atoms with E-state index < -0.39 is 17.9 Å². The standard InChI is InChI=1S/C47H31F6N3O.Pt/c1-28-21-34(32-16-14-31(15-17-32)23-43(46(48,49)50)47(51,52)53)22-29(2)45(28)39-26-40(55-27-30(39)3)33-9-8-10-35(24-33)57-36-18-19-38-37-11-4-5-12-41(37)56(42(38)25-36)44-13-6-7-20-54-44;/h4-23,26-27H,1-3H3;/q-2;+2. The fraction of sp³-hybridized carbons (Fsp3) is 0.106. The van der Waals surface area contributed by atoms with Crippen LogP contribution in [0.1, 0.15) is 22.3 Å². The van der Waals surface area contributed by atoms with Gasteiger partial charge in [-0.05, 0) is 101 Å². The molecule has 0 spiro atoms. The summed E-state index contributed by atoms with van der Waals surface area (Å²) in [6.45, 7) is 5.89. The minimum absolute atomic E-state index is 0. The number of fused-ring (bicyclic) bond motifs is 3. The molecule has 4 nitrogen and oxygen atoms in total. The number of aromatic nitrogens is 3. The maximum atomic E-state index is 13.1. The van der Waals surface area contributed by atoms with E-state index in [9.17, 15) is 26.3 Å². The molecular formula is C47H31F6N3OPt. The van der Waals surface area contributed by atoms with Crippen molar-refractivity contribution in [1.82, 2.24) is 14.5 Å². The van der Waals surface area contributed by atoms with E-state index in [1.165, 1.54) is 24.3 Å². The largest absolute Gasteiger partial charge is 2.00 e. The molecule has 292 valence electrons. The van der Waals surface area contributed by atoms with Crippen LogP contribution in [0, 0.1) is 32.9 Å². The van der Waals surface area contributed by atoms with Crippen molar-refractivity contribution >= 4 is 27.9 Å². The SMILES string of the molecule is Cc1cnc(-c2[c-]c(Oc3[c-]c4c(cc3)c3ccccc3n4-c3ccccn3)ccc2)cc1-c1c(C)cc(-c2ccc(C=C(C(F)(F)F)C(F)(F)F)cc2)cc1C.[Pt+2]. The normalized spacial score (nSPS) is 11.7. The van der Waals surface area contributed by atoms with Crippen molar-refractivity contribution in [3.05, 3.63) is 168 Å². The molecule has 0 fully saturated rings. The van der Waals surface area contributed by atoms with Crippen LogP contribution in [0.3, 0.4) is 0 Å². The molecule has 0 aliphatic rings. The van der Waals surface area contributed by atoms with Gasteiger partial charge in [-0.3, -0.25) is 0 Å². The maximum absolute atomic E-state index is 13.1. The first-order chi connectivity index (χ1) is 27.2. The number of hydrogen-bond donors (Lipinski definition) is 0. The van der Waals surface area contributed by atoms with Gasteiger partial charge in [0.25, 0.3) is 0 Å². The third-order valence-corrected chi connectivity index (χ3v) is 9.77. The van der Waals surface area contributed by atoms with Gasteiger partial charge in [0.2, 0.25) is 0 Å². The van der Waals surface area contributed by atoms with Gasteiger partial charge in [-0.15, -0.1) is 41.3 Å². The molecule has 8 aromatic rings. The topological polar surface area (TPSA) is 39.9 Å². The van der Waals surface area contributed by atoms with Gasteiger partial charge in [-0.25, -0.2) is 4.98 Å². The summed E-state index contributed by atoms with van der Waals surface area (Å²) in [5.41, 5.74) is 6.65. The van der Waals surface area contributed by atoms with Crippen molar-refractivity contribution < 1.29 is 52.1 Å². The van der Waals surface area contributed by atoms with Gasteiger partial charge < -0.3 is 14.3 Å². The summed E-state index contributed by atoms with van der Waals surface area (Å²) in [6.07, 6.45) is -7.37. The van der Waals surface area contributed by atoms with Crippen LogP contribution in [0.2, 0.25) is 0 Å². The molecule has 0 N–H and O–H groups in total. The molecule has 3 aromatic heterocycles. The van der Waals surface area contributed by atoms with Crippen LogP contribution < -0.4 is 4.74 Å². The first-order valence-electron chi connectivity index (χ1n) is 17.9. The predicted octanol–water partition coefficient (Wildman–Crippen LogP) is 13.4. The number of halogens is 6. The summed E-state index contributed by atoms with van der Waals surface area (Å²) in [6, 6.07) is 41.7. The molecule has 0 saturated heterocycles. The summed E-state index contributed by atoms with van der Waals surface area (Å²) in [4.78, 5) is 9.32. The summed E-state index contributed by atoms with van der Waals surface area (Å²) in [5, 5.41) is 2.10. The minimum Gasteiger partial charge on any atom is -0.503 e. The zero-order valence-electron chi connectivity index (χ0n) is 31.0. The maximum Gasteiger partial charge on any atom is 2.00 e. The van der Waals surface area contributed by atoms with Crippen molar-refractivity contribution in [2.24, 2.45) is 0 Å². The van der Waals surface area contributed by atoms with E-state index in [1.807, 2.05) is 99.6 Å². The van der Waals surface area contributed by atoms with Crippen molar-refractivity contribution in [3.8, 4) is 50.8 Å². The Morgan fingerprint density at radius 3 is 2.03 bits per heavy atom. The number of aryl methyl sites for hydroxylation is 3. The molecule has 3 heterocycles. The molecule has 0 radical (unpaired) electrons. The van der Waals surface area contributed by atoms with E-state index in [0.717, 1.165) is 66.6 Å². The Labute approximate surface area is 344 Å². The molecule has 0 bridgehead atoms. The zero-order valence-corrected chi connectivity index (χ0v) is 33.3. The van der Waals surface area contributed by atoms with E-state index in [-0.39, 0.29) is 32.7 Å². The molecule has 0 amide bonds. The summed E-state index contributed by atoms with van der Waals surface area (Å²) in [7, 11) is 0. The van der Waals surface area contributed by atoms with E-state index in [2.05, 4.69) is 33.8 Å². The molecule has 0 saturated carbocycles. The summed E-state index contributed by atoms with van der Waals surface area (Å²) < 4.78 is 86.9. The minimum atomic E-state index is -5.53. The van der Waals surface area contributed by atoms with Crippen LogP contribution in [-0.4, -0.2) is 26.9 Å². The number of benzene rings is 5. The van der Waals surface area contributed by atoms with Crippen molar-refractivity contribution in [2.75, 3.05) is 0 Å². The number of ether oxygens (including phenoxy) is 1. The number of allylic oxidation sites excluding steroid dienone is 1. The van der Waals surface area contributed by atoms with Gasteiger partial charge in [0.1, 0.15) is 11.4 Å². The van der Waals surface area contributed by atoms with Gasteiger partial charge in [-0.2, -0.15) is 32.4 Å². The average molecular weight is 963 g/mol. The van der Waals surface area contributed by atoms with Crippen molar-refractivity contribution in [3.63, 3.8) is 0 Å². The molecule has 0 unspecified atom stereocenters. The van der Waals surface area contributed by atoms with E-state index in [1.54, 1.807) is 12.4 Å². The number of rotatable bonds is 7. The predicted molar refractivity (Wildman–Crippen MR) is 211 cm³/mol. The Morgan fingerprint density at radius 1 is 0.655 bits per heavy atom. The average Bonchev–Trinajstić information content (AvgIpc) is 3.50. The molecule has 0 aliphatic carbocycles.